The first-order valence-corrected chi connectivity index (χ1v) is 8.46. The monoisotopic (exact) mass is 262 g/mol. The van der Waals surface area contributed by atoms with E-state index in [0.29, 0.717) is 0 Å². The lowest BCUT2D eigenvalue weighted by Crippen LogP contribution is -1.81. The number of unbranched alkanes of at least 4 members (excludes halogenated alkanes) is 13. The van der Waals surface area contributed by atoms with E-state index in [4.69, 9.17) is 0 Å². The van der Waals surface area contributed by atoms with E-state index in [0.717, 1.165) is 25.7 Å². The molecule has 0 spiro atoms. The Hall–Kier alpha value is -0.440. The number of rotatable bonds is 13. The van der Waals surface area contributed by atoms with Crippen molar-refractivity contribution in [3.05, 3.63) is 13.8 Å². The molecule has 0 saturated carbocycles. The molecular weight excluding hydrogens is 228 g/mol. The third-order valence-electron chi connectivity index (χ3n) is 3.48. The van der Waals surface area contributed by atoms with Crippen molar-refractivity contribution in [2.45, 2.75) is 96.3 Å². The summed E-state index contributed by atoms with van der Waals surface area (Å²) in [6.07, 6.45) is 19.2. The van der Waals surface area contributed by atoms with Crippen LogP contribution in [0, 0.1) is 25.7 Å². The van der Waals surface area contributed by atoms with Crippen LogP contribution in [0.15, 0.2) is 0 Å². The Labute approximate surface area is 122 Å². The summed E-state index contributed by atoms with van der Waals surface area (Å²) < 4.78 is 0. The molecule has 2 radical (unpaired) electrons. The van der Waals surface area contributed by atoms with Crippen LogP contribution in [0.1, 0.15) is 96.3 Å². The van der Waals surface area contributed by atoms with E-state index in [2.05, 4.69) is 25.7 Å². The van der Waals surface area contributed by atoms with Gasteiger partial charge in [0.25, 0.3) is 0 Å². The SMILES string of the molecule is [CH2]CCCCCC#CCCCCCCCCCC[CH2]. The lowest BCUT2D eigenvalue weighted by atomic mass is 10.1. The van der Waals surface area contributed by atoms with Crippen LogP contribution in [0.3, 0.4) is 0 Å². The van der Waals surface area contributed by atoms with Crippen LogP contribution >= 0.6 is 0 Å². The summed E-state index contributed by atoms with van der Waals surface area (Å²) in [5, 5.41) is 0. The first kappa shape index (κ1) is 18.6. The minimum absolute atomic E-state index is 1.07. The van der Waals surface area contributed by atoms with Gasteiger partial charge in [-0.15, -0.1) is 11.8 Å². The highest BCUT2D eigenvalue weighted by Gasteiger charge is 1.91. The Morgan fingerprint density at radius 2 is 0.737 bits per heavy atom. The highest BCUT2D eigenvalue weighted by molar-refractivity contribution is 4.98. The lowest BCUT2D eigenvalue weighted by molar-refractivity contribution is 0.572. The van der Waals surface area contributed by atoms with Gasteiger partial charge in [-0.1, -0.05) is 84.5 Å². The van der Waals surface area contributed by atoms with Gasteiger partial charge in [-0.3, -0.25) is 0 Å². The zero-order valence-corrected chi connectivity index (χ0v) is 13.0. The molecule has 0 atom stereocenters. The minimum atomic E-state index is 1.07. The molecule has 0 aromatic heterocycles. The molecule has 0 N–H and O–H groups in total. The largest absolute Gasteiger partial charge is 0.103 e. The molecule has 0 rings (SSSR count). The maximum absolute atomic E-state index is 3.87. The summed E-state index contributed by atoms with van der Waals surface area (Å²) in [6.45, 7) is 7.72. The molecule has 0 bridgehead atoms. The van der Waals surface area contributed by atoms with Gasteiger partial charge in [-0.25, -0.2) is 0 Å². The summed E-state index contributed by atoms with van der Waals surface area (Å²) in [7, 11) is 0. The Kier molecular flexibility index (Phi) is 17.2. The first-order valence-electron chi connectivity index (χ1n) is 8.46. The van der Waals surface area contributed by atoms with Crippen LogP contribution in [-0.4, -0.2) is 0 Å². The molecule has 0 aromatic carbocycles. The third kappa shape index (κ3) is 17.6. The van der Waals surface area contributed by atoms with Gasteiger partial charge in [0.15, 0.2) is 0 Å². The molecule has 0 nitrogen and oxygen atoms in total. The topological polar surface area (TPSA) is 0 Å². The molecule has 0 saturated heterocycles. The van der Waals surface area contributed by atoms with E-state index in [1.165, 1.54) is 70.6 Å². The smallest absolute Gasteiger partial charge is 0.00886 e. The average molecular weight is 262 g/mol. The second-order valence-electron chi connectivity index (χ2n) is 5.45. The molecule has 19 heavy (non-hydrogen) atoms. The van der Waals surface area contributed by atoms with Gasteiger partial charge in [-0.2, -0.15) is 0 Å². The van der Waals surface area contributed by atoms with Crippen molar-refractivity contribution in [1.29, 1.82) is 0 Å². The Morgan fingerprint density at radius 3 is 1.16 bits per heavy atom. The van der Waals surface area contributed by atoms with Crippen molar-refractivity contribution in [3.63, 3.8) is 0 Å². The van der Waals surface area contributed by atoms with Crippen LogP contribution in [0.4, 0.5) is 0 Å². The van der Waals surface area contributed by atoms with E-state index in [1.807, 2.05) is 0 Å². The van der Waals surface area contributed by atoms with Gasteiger partial charge in [0.2, 0.25) is 0 Å². The second-order valence-corrected chi connectivity index (χ2v) is 5.45. The summed E-state index contributed by atoms with van der Waals surface area (Å²) in [4.78, 5) is 0. The van der Waals surface area contributed by atoms with E-state index in [9.17, 15) is 0 Å². The number of hydrogen-bond donors (Lipinski definition) is 0. The van der Waals surface area contributed by atoms with Gasteiger partial charge >= 0.3 is 0 Å². The van der Waals surface area contributed by atoms with Crippen molar-refractivity contribution in [1.82, 2.24) is 0 Å². The summed E-state index contributed by atoms with van der Waals surface area (Å²) in [5.74, 6) is 6.60. The molecule has 110 valence electrons. The number of hydrogen-bond acceptors (Lipinski definition) is 0. The molecule has 0 aromatic rings. The fourth-order valence-corrected chi connectivity index (χ4v) is 2.19. The van der Waals surface area contributed by atoms with Crippen LogP contribution in [0.5, 0.6) is 0 Å². The summed E-state index contributed by atoms with van der Waals surface area (Å²) in [5.41, 5.74) is 0. The van der Waals surface area contributed by atoms with Crippen LogP contribution in [0.25, 0.3) is 0 Å². The molecule has 0 aliphatic rings. The van der Waals surface area contributed by atoms with Crippen LogP contribution in [-0.2, 0) is 0 Å². The maximum atomic E-state index is 3.87. The van der Waals surface area contributed by atoms with Crippen molar-refractivity contribution in [2.24, 2.45) is 0 Å². The molecular formula is C19H34. The van der Waals surface area contributed by atoms with Crippen LogP contribution < -0.4 is 0 Å². The van der Waals surface area contributed by atoms with Crippen molar-refractivity contribution < 1.29 is 0 Å². The summed E-state index contributed by atoms with van der Waals surface area (Å²) >= 11 is 0. The maximum Gasteiger partial charge on any atom is 0.00886 e. The first-order chi connectivity index (χ1) is 9.41. The van der Waals surface area contributed by atoms with E-state index < -0.39 is 0 Å². The summed E-state index contributed by atoms with van der Waals surface area (Å²) in [6, 6.07) is 0. The molecule has 0 aliphatic heterocycles. The van der Waals surface area contributed by atoms with Gasteiger partial charge in [0.1, 0.15) is 0 Å². The van der Waals surface area contributed by atoms with E-state index in [1.54, 1.807) is 0 Å². The highest BCUT2D eigenvalue weighted by Crippen LogP contribution is 2.10. The Morgan fingerprint density at radius 1 is 0.421 bits per heavy atom. The Balaban J connectivity index is 3.04. The van der Waals surface area contributed by atoms with Gasteiger partial charge in [-0.05, 0) is 12.8 Å². The lowest BCUT2D eigenvalue weighted by Gasteiger charge is -2.00. The Bertz CT molecular complexity index is 206. The molecule has 0 heterocycles. The van der Waals surface area contributed by atoms with Gasteiger partial charge in [0.05, 0.1) is 0 Å². The molecule has 0 amide bonds. The zero-order valence-electron chi connectivity index (χ0n) is 13.0. The standard InChI is InChI=1S/C19H34/c1-3-5-7-9-11-13-15-17-19-18-16-14-12-10-8-6-4-2/h1-13,15,17-19H2. The molecule has 0 fully saturated rings. The minimum Gasteiger partial charge on any atom is -0.103 e. The van der Waals surface area contributed by atoms with Gasteiger partial charge < -0.3 is 0 Å². The zero-order chi connectivity index (χ0) is 14.0. The van der Waals surface area contributed by atoms with Crippen molar-refractivity contribution in [2.75, 3.05) is 0 Å². The highest BCUT2D eigenvalue weighted by atomic mass is 14.0. The van der Waals surface area contributed by atoms with Gasteiger partial charge in [0, 0.05) is 12.8 Å². The fraction of sp³-hybridized carbons (Fsp3) is 0.789. The van der Waals surface area contributed by atoms with E-state index in [-0.39, 0.29) is 0 Å². The second kappa shape index (κ2) is 17.6. The molecule has 0 unspecified atom stereocenters. The molecule has 0 heteroatoms. The van der Waals surface area contributed by atoms with E-state index >= 15 is 0 Å². The average Bonchev–Trinajstić information content (AvgIpc) is 2.43. The fourth-order valence-electron chi connectivity index (χ4n) is 2.19. The predicted octanol–water partition coefficient (Wildman–Crippen LogP) is 6.51. The van der Waals surface area contributed by atoms with Crippen molar-refractivity contribution in [3.8, 4) is 11.8 Å². The van der Waals surface area contributed by atoms with Crippen molar-refractivity contribution >= 4 is 0 Å². The quantitative estimate of drug-likeness (QED) is 0.262. The van der Waals surface area contributed by atoms with Crippen LogP contribution in [0.2, 0.25) is 0 Å². The predicted molar refractivity (Wildman–Crippen MR) is 87.7 cm³/mol. The normalized spacial score (nSPS) is 10.2. The molecule has 0 aliphatic carbocycles. The third-order valence-corrected chi connectivity index (χ3v) is 3.48.